The molecule has 0 spiro atoms. The van der Waals surface area contributed by atoms with Crippen LogP contribution in [-0.2, 0) is 4.74 Å². The highest BCUT2D eigenvalue weighted by molar-refractivity contribution is 5.95. The van der Waals surface area contributed by atoms with Crippen molar-refractivity contribution in [2.24, 2.45) is 0 Å². The highest BCUT2D eigenvalue weighted by Crippen LogP contribution is 2.15. The van der Waals surface area contributed by atoms with E-state index < -0.39 is 18.1 Å². The second-order valence-corrected chi connectivity index (χ2v) is 7.19. The van der Waals surface area contributed by atoms with Crippen molar-refractivity contribution in [1.82, 2.24) is 9.80 Å². The molecule has 1 aliphatic heterocycles. The molecule has 0 atom stereocenters. The van der Waals surface area contributed by atoms with Crippen LogP contribution in [0.3, 0.4) is 0 Å². The van der Waals surface area contributed by atoms with E-state index in [0.717, 1.165) is 0 Å². The molecule has 1 heterocycles. The number of nitrogens with zero attached hydrogens (tertiary/aromatic N) is 2. The molecule has 1 fully saturated rings. The third-order valence-corrected chi connectivity index (χ3v) is 3.83. The van der Waals surface area contributed by atoms with Crippen LogP contribution in [0.4, 0.5) is 19.3 Å². The van der Waals surface area contributed by atoms with Gasteiger partial charge in [0.2, 0.25) is 0 Å². The number of anilines is 1. The van der Waals surface area contributed by atoms with Crippen LogP contribution in [-0.4, -0.2) is 66.6 Å². The monoisotopic (exact) mass is 369 g/mol. The van der Waals surface area contributed by atoms with Gasteiger partial charge >= 0.3 is 6.09 Å². The Morgan fingerprint density at radius 1 is 1.12 bits per heavy atom. The number of amides is 2. The van der Waals surface area contributed by atoms with Gasteiger partial charge in [-0.25, -0.2) is 13.6 Å². The van der Waals surface area contributed by atoms with Crippen LogP contribution in [0.15, 0.2) is 24.3 Å². The lowest BCUT2D eigenvalue weighted by molar-refractivity contribution is 0.0458. The summed E-state index contributed by atoms with van der Waals surface area (Å²) in [4.78, 5) is 27.5. The van der Waals surface area contributed by atoms with E-state index >= 15 is 0 Å². The van der Waals surface area contributed by atoms with Crippen LogP contribution >= 0.6 is 0 Å². The molecule has 0 aromatic heterocycles. The molecule has 0 aliphatic carbocycles. The Hall–Kier alpha value is -2.22. The summed E-state index contributed by atoms with van der Waals surface area (Å²) in [5, 5.41) is 2.60. The van der Waals surface area contributed by atoms with Gasteiger partial charge in [-0.2, -0.15) is 0 Å². The van der Waals surface area contributed by atoms with Crippen molar-refractivity contribution in [2.75, 3.05) is 38.0 Å². The van der Waals surface area contributed by atoms with Gasteiger partial charge in [0.05, 0.1) is 6.54 Å². The van der Waals surface area contributed by atoms with Gasteiger partial charge in [-0.15, -0.1) is 0 Å². The van der Waals surface area contributed by atoms with Gasteiger partial charge in [0.1, 0.15) is 5.60 Å². The minimum absolute atomic E-state index is 0.148. The van der Waals surface area contributed by atoms with E-state index in [9.17, 15) is 18.4 Å². The Kier molecular flexibility index (Phi) is 6.52. The molecule has 0 saturated carbocycles. The van der Waals surface area contributed by atoms with Crippen molar-refractivity contribution in [3.8, 4) is 0 Å². The Balaban J connectivity index is 1.88. The number of rotatable bonds is 4. The Labute approximate surface area is 152 Å². The summed E-state index contributed by atoms with van der Waals surface area (Å²) < 4.78 is 30.0. The highest BCUT2D eigenvalue weighted by atomic mass is 19.3. The topological polar surface area (TPSA) is 61.9 Å². The predicted molar refractivity (Wildman–Crippen MR) is 94.6 cm³/mol. The first-order chi connectivity index (χ1) is 12.1. The highest BCUT2D eigenvalue weighted by Gasteiger charge is 2.23. The normalized spacial score (nSPS) is 15.8. The minimum Gasteiger partial charge on any atom is -0.444 e. The number of ether oxygens (including phenoxy) is 1. The molecule has 0 unspecified atom stereocenters. The van der Waals surface area contributed by atoms with Crippen LogP contribution in [0.1, 0.15) is 31.1 Å². The molecule has 144 valence electrons. The molecule has 0 bridgehead atoms. The van der Waals surface area contributed by atoms with Crippen LogP contribution in [0.5, 0.6) is 0 Å². The molecule has 6 nitrogen and oxygen atoms in total. The van der Waals surface area contributed by atoms with Gasteiger partial charge in [0.15, 0.2) is 0 Å². The van der Waals surface area contributed by atoms with Crippen LogP contribution in [0.2, 0.25) is 0 Å². The number of halogens is 2. The second-order valence-electron chi connectivity index (χ2n) is 7.19. The lowest BCUT2D eigenvalue weighted by Crippen LogP contribution is -2.49. The van der Waals surface area contributed by atoms with Gasteiger partial charge < -0.3 is 9.64 Å². The van der Waals surface area contributed by atoms with Gasteiger partial charge in [0.25, 0.3) is 12.3 Å². The summed E-state index contributed by atoms with van der Waals surface area (Å²) >= 11 is 0. The fourth-order valence-corrected chi connectivity index (χ4v) is 2.63. The third-order valence-electron chi connectivity index (χ3n) is 3.83. The summed E-state index contributed by atoms with van der Waals surface area (Å²) in [6.07, 6.45) is -2.92. The number of nitrogens with one attached hydrogen (secondary N) is 1. The molecule has 1 N–H and O–H groups in total. The summed E-state index contributed by atoms with van der Waals surface area (Å²) in [6.45, 7) is 6.78. The van der Waals surface area contributed by atoms with Gasteiger partial charge in [0, 0.05) is 37.4 Å². The van der Waals surface area contributed by atoms with E-state index in [1.54, 1.807) is 54.8 Å². The van der Waals surface area contributed by atoms with E-state index in [1.165, 1.54) is 0 Å². The van der Waals surface area contributed by atoms with Crippen LogP contribution in [0, 0.1) is 0 Å². The molecule has 8 heteroatoms. The molecule has 1 saturated heterocycles. The quantitative estimate of drug-likeness (QED) is 0.886. The van der Waals surface area contributed by atoms with E-state index in [-0.39, 0.29) is 12.5 Å². The lowest BCUT2D eigenvalue weighted by Gasteiger charge is -2.34. The molecule has 2 amide bonds. The zero-order valence-electron chi connectivity index (χ0n) is 15.3. The van der Waals surface area contributed by atoms with E-state index in [4.69, 9.17) is 4.74 Å². The number of alkyl halides is 2. The first-order valence-electron chi connectivity index (χ1n) is 8.54. The molecule has 0 radical (unpaired) electrons. The number of hydrogen-bond acceptors (Lipinski definition) is 4. The average Bonchev–Trinajstić information content (AvgIpc) is 2.53. The van der Waals surface area contributed by atoms with Crippen LogP contribution < -0.4 is 5.32 Å². The molecule has 26 heavy (non-hydrogen) atoms. The van der Waals surface area contributed by atoms with Crippen molar-refractivity contribution in [3.63, 3.8) is 0 Å². The van der Waals surface area contributed by atoms with Crippen molar-refractivity contribution in [1.29, 1.82) is 0 Å². The maximum Gasteiger partial charge on any atom is 0.412 e. The first kappa shape index (κ1) is 20.1. The van der Waals surface area contributed by atoms with E-state index in [1.807, 2.05) is 0 Å². The Morgan fingerprint density at radius 3 is 2.19 bits per heavy atom. The molecular formula is C18H25F2N3O3. The average molecular weight is 369 g/mol. The second kappa shape index (κ2) is 8.44. The predicted octanol–water partition coefficient (Wildman–Crippen LogP) is 3.06. The summed E-state index contributed by atoms with van der Waals surface area (Å²) in [5.74, 6) is -0.148. The number of carbonyl (C=O) groups is 2. The zero-order chi connectivity index (χ0) is 19.3. The molecule has 2 rings (SSSR count). The third kappa shape index (κ3) is 6.25. The number of carbonyl (C=O) groups excluding carboxylic acids is 2. The number of benzene rings is 1. The number of hydrogen-bond donors (Lipinski definition) is 1. The fourth-order valence-electron chi connectivity index (χ4n) is 2.63. The lowest BCUT2D eigenvalue weighted by atomic mass is 10.1. The summed E-state index contributed by atoms with van der Waals surface area (Å²) in [6, 6.07) is 6.51. The van der Waals surface area contributed by atoms with Crippen molar-refractivity contribution in [2.45, 2.75) is 32.8 Å². The van der Waals surface area contributed by atoms with E-state index in [2.05, 4.69) is 5.32 Å². The van der Waals surface area contributed by atoms with Gasteiger partial charge in [-0.3, -0.25) is 15.0 Å². The molecule has 1 aliphatic rings. The van der Waals surface area contributed by atoms with Gasteiger partial charge in [-0.05, 0) is 45.0 Å². The Bertz CT molecular complexity index is 622. The Morgan fingerprint density at radius 2 is 1.69 bits per heavy atom. The van der Waals surface area contributed by atoms with Crippen molar-refractivity contribution >= 4 is 17.7 Å². The maximum absolute atomic E-state index is 12.5. The fraction of sp³-hybridized carbons (Fsp3) is 0.556. The standard InChI is InChI=1S/C18H25F2N3O3/c1-18(2,3)26-17(25)21-14-6-4-13(5-7-14)16(24)23-10-8-22(9-11-23)12-15(19)20/h4-7,15H,8-12H2,1-3H3,(H,21,25). The van der Waals surface area contributed by atoms with Gasteiger partial charge in [-0.1, -0.05) is 0 Å². The smallest absolute Gasteiger partial charge is 0.412 e. The summed E-state index contributed by atoms with van der Waals surface area (Å²) in [5.41, 5.74) is 0.423. The molecule has 1 aromatic carbocycles. The maximum atomic E-state index is 12.5. The van der Waals surface area contributed by atoms with Crippen LogP contribution in [0.25, 0.3) is 0 Å². The first-order valence-corrected chi connectivity index (χ1v) is 8.54. The number of piperazine rings is 1. The van der Waals surface area contributed by atoms with Crippen molar-refractivity contribution < 1.29 is 23.1 Å². The zero-order valence-corrected chi connectivity index (χ0v) is 15.3. The van der Waals surface area contributed by atoms with Crippen molar-refractivity contribution in [3.05, 3.63) is 29.8 Å². The molecular weight excluding hydrogens is 344 g/mol. The minimum atomic E-state index is -2.36. The summed E-state index contributed by atoms with van der Waals surface area (Å²) in [7, 11) is 0. The largest absolute Gasteiger partial charge is 0.444 e. The SMILES string of the molecule is CC(C)(C)OC(=O)Nc1ccc(C(=O)N2CCN(CC(F)F)CC2)cc1. The molecule has 1 aromatic rings. The van der Waals surface area contributed by atoms with E-state index in [0.29, 0.717) is 37.4 Å².